The van der Waals surface area contributed by atoms with E-state index >= 15 is 0 Å². The van der Waals surface area contributed by atoms with Crippen molar-refractivity contribution in [2.75, 3.05) is 57.8 Å². The minimum Gasteiger partial charge on any atom is -0.462 e. The maximum absolute atomic E-state index is 11.9. The fourth-order valence-electron chi connectivity index (χ4n) is 2.37. The number of nitrogens with zero attached hydrogens (tertiary/aromatic N) is 2. The van der Waals surface area contributed by atoms with Crippen LogP contribution in [0.1, 0.15) is 16.8 Å². The van der Waals surface area contributed by atoms with Gasteiger partial charge >= 0.3 is 5.97 Å². The molecule has 0 atom stereocenters. The molecule has 4 N–H and O–H groups in total. The van der Waals surface area contributed by atoms with Crippen LogP contribution in [0.3, 0.4) is 0 Å². The number of hydrogen-bond acceptors (Lipinski definition) is 6. The number of nitrogens with two attached hydrogens (primary N) is 2. The van der Waals surface area contributed by atoms with Crippen LogP contribution in [0.2, 0.25) is 0 Å². The van der Waals surface area contributed by atoms with Crippen molar-refractivity contribution in [2.24, 2.45) is 0 Å². The van der Waals surface area contributed by atoms with Crippen molar-refractivity contribution in [3.05, 3.63) is 23.8 Å². The fraction of sp³-hybridized carbons (Fsp3) is 0.533. The van der Waals surface area contributed by atoms with Gasteiger partial charge in [-0.2, -0.15) is 0 Å². The van der Waals surface area contributed by atoms with Crippen LogP contribution in [-0.4, -0.2) is 62.1 Å². The molecule has 1 aliphatic heterocycles. The van der Waals surface area contributed by atoms with E-state index in [-0.39, 0.29) is 5.97 Å². The number of piperazine rings is 1. The lowest BCUT2D eigenvalue weighted by molar-refractivity contribution is 0.0481. The molecule has 116 valence electrons. The molecule has 1 aliphatic rings. The molecule has 0 radical (unpaired) electrons. The number of benzene rings is 1. The quantitative estimate of drug-likeness (QED) is 0.471. The van der Waals surface area contributed by atoms with E-state index in [0.29, 0.717) is 23.5 Å². The molecule has 0 unspecified atom stereocenters. The van der Waals surface area contributed by atoms with Gasteiger partial charge in [-0.15, -0.1) is 0 Å². The molecule has 0 aliphatic carbocycles. The molecule has 2 rings (SSSR count). The average Bonchev–Trinajstić information content (AvgIpc) is 2.45. The molecule has 0 bridgehead atoms. The Hall–Kier alpha value is -1.79. The van der Waals surface area contributed by atoms with Crippen molar-refractivity contribution < 1.29 is 9.53 Å². The fourth-order valence-corrected chi connectivity index (χ4v) is 2.37. The average molecular weight is 292 g/mol. The van der Waals surface area contributed by atoms with Gasteiger partial charge in [0.15, 0.2) is 0 Å². The molecule has 6 heteroatoms. The summed E-state index contributed by atoms with van der Waals surface area (Å²) in [5.41, 5.74) is 12.6. The number of hydrogen-bond donors (Lipinski definition) is 2. The molecule has 1 saturated heterocycles. The Morgan fingerprint density at radius 2 is 1.95 bits per heavy atom. The summed E-state index contributed by atoms with van der Waals surface area (Å²) in [5.74, 6) is -0.383. The second-order valence-electron chi connectivity index (χ2n) is 5.48. The largest absolute Gasteiger partial charge is 0.462 e. The van der Waals surface area contributed by atoms with Crippen LogP contribution in [0.15, 0.2) is 18.2 Å². The lowest BCUT2D eigenvalue weighted by Crippen LogP contribution is -2.44. The van der Waals surface area contributed by atoms with Crippen molar-refractivity contribution >= 4 is 17.3 Å². The summed E-state index contributed by atoms with van der Waals surface area (Å²) in [6, 6.07) is 4.82. The molecule has 1 heterocycles. The molecule has 21 heavy (non-hydrogen) atoms. The Morgan fingerprint density at radius 3 is 2.62 bits per heavy atom. The summed E-state index contributed by atoms with van der Waals surface area (Å²) >= 11 is 0. The van der Waals surface area contributed by atoms with Crippen molar-refractivity contribution in [1.29, 1.82) is 0 Å². The minimum atomic E-state index is -0.383. The molecular formula is C15H24N4O2. The van der Waals surface area contributed by atoms with Crippen molar-refractivity contribution in [3.8, 4) is 0 Å². The highest BCUT2D eigenvalue weighted by molar-refractivity contribution is 5.95. The van der Waals surface area contributed by atoms with Gasteiger partial charge in [-0.1, -0.05) is 0 Å². The van der Waals surface area contributed by atoms with Crippen molar-refractivity contribution in [2.45, 2.75) is 6.42 Å². The SMILES string of the molecule is CN1CCN(CCCOC(=O)c2ccc(N)cc2N)CC1. The van der Waals surface area contributed by atoms with Gasteiger partial charge in [0.1, 0.15) is 0 Å². The monoisotopic (exact) mass is 292 g/mol. The van der Waals surface area contributed by atoms with Gasteiger partial charge in [-0.05, 0) is 31.7 Å². The van der Waals surface area contributed by atoms with Crippen LogP contribution in [0.4, 0.5) is 11.4 Å². The molecule has 0 aromatic heterocycles. The summed E-state index contributed by atoms with van der Waals surface area (Å²) in [4.78, 5) is 16.6. The van der Waals surface area contributed by atoms with E-state index in [1.54, 1.807) is 18.2 Å². The third-order valence-corrected chi connectivity index (χ3v) is 3.74. The number of carbonyl (C=O) groups excluding carboxylic acids is 1. The van der Waals surface area contributed by atoms with Crippen LogP contribution in [0.5, 0.6) is 0 Å². The number of likely N-dealkylation sites (N-methyl/N-ethyl adjacent to an activating group) is 1. The Morgan fingerprint density at radius 1 is 1.24 bits per heavy atom. The van der Waals surface area contributed by atoms with E-state index < -0.39 is 0 Å². The first kappa shape index (κ1) is 15.6. The van der Waals surface area contributed by atoms with Gasteiger partial charge in [-0.3, -0.25) is 0 Å². The predicted molar refractivity (Wildman–Crippen MR) is 84.1 cm³/mol. The number of esters is 1. The van der Waals surface area contributed by atoms with Crippen LogP contribution in [0, 0.1) is 0 Å². The van der Waals surface area contributed by atoms with E-state index in [0.717, 1.165) is 39.1 Å². The van der Waals surface area contributed by atoms with Crippen LogP contribution in [0.25, 0.3) is 0 Å². The van der Waals surface area contributed by atoms with E-state index in [1.165, 1.54) is 0 Å². The molecule has 0 saturated carbocycles. The molecule has 0 amide bonds. The zero-order chi connectivity index (χ0) is 15.2. The molecule has 1 aromatic carbocycles. The highest BCUT2D eigenvalue weighted by Crippen LogP contribution is 2.16. The second kappa shape index (κ2) is 7.28. The van der Waals surface area contributed by atoms with Gasteiger partial charge in [-0.25, -0.2) is 4.79 Å². The first-order valence-corrected chi connectivity index (χ1v) is 7.29. The van der Waals surface area contributed by atoms with Crippen molar-refractivity contribution in [1.82, 2.24) is 9.80 Å². The topological polar surface area (TPSA) is 84.8 Å². The van der Waals surface area contributed by atoms with Crippen LogP contribution >= 0.6 is 0 Å². The maximum atomic E-state index is 11.9. The Labute approximate surface area is 125 Å². The minimum absolute atomic E-state index is 0.360. The van der Waals surface area contributed by atoms with Gasteiger partial charge in [0.05, 0.1) is 12.2 Å². The van der Waals surface area contributed by atoms with Gasteiger partial charge in [0.25, 0.3) is 0 Å². The second-order valence-corrected chi connectivity index (χ2v) is 5.48. The number of carbonyl (C=O) groups is 1. The Balaban J connectivity index is 1.69. The summed E-state index contributed by atoms with van der Waals surface area (Å²) < 4.78 is 5.26. The van der Waals surface area contributed by atoms with Crippen LogP contribution < -0.4 is 11.5 Å². The number of rotatable bonds is 5. The Kier molecular flexibility index (Phi) is 5.41. The Bertz CT molecular complexity index is 485. The smallest absolute Gasteiger partial charge is 0.340 e. The number of ether oxygens (including phenoxy) is 1. The molecule has 0 spiro atoms. The van der Waals surface area contributed by atoms with E-state index in [2.05, 4.69) is 16.8 Å². The molecule has 1 aromatic rings. The normalized spacial score (nSPS) is 16.8. The van der Waals surface area contributed by atoms with Crippen molar-refractivity contribution in [3.63, 3.8) is 0 Å². The first-order valence-electron chi connectivity index (χ1n) is 7.29. The van der Waals surface area contributed by atoms with E-state index in [4.69, 9.17) is 16.2 Å². The lowest BCUT2D eigenvalue weighted by Gasteiger charge is -2.32. The highest BCUT2D eigenvalue weighted by Gasteiger charge is 2.14. The predicted octanol–water partition coefficient (Wildman–Crippen LogP) is 0.645. The zero-order valence-electron chi connectivity index (χ0n) is 12.5. The maximum Gasteiger partial charge on any atom is 0.340 e. The standard InChI is InChI=1S/C15H24N4O2/c1-18-6-8-19(9-7-18)5-2-10-21-15(20)13-4-3-12(16)11-14(13)17/h3-4,11H,2,5-10,16-17H2,1H3. The highest BCUT2D eigenvalue weighted by atomic mass is 16.5. The number of nitrogen functional groups attached to an aromatic ring is 2. The summed E-state index contributed by atoms with van der Waals surface area (Å²) in [7, 11) is 2.14. The molecule has 1 fully saturated rings. The summed E-state index contributed by atoms with van der Waals surface area (Å²) in [6.07, 6.45) is 0.838. The zero-order valence-corrected chi connectivity index (χ0v) is 12.5. The molecule has 6 nitrogen and oxygen atoms in total. The van der Waals surface area contributed by atoms with Gasteiger partial charge in [0.2, 0.25) is 0 Å². The summed E-state index contributed by atoms with van der Waals surface area (Å²) in [5, 5.41) is 0. The molecular weight excluding hydrogens is 268 g/mol. The summed E-state index contributed by atoms with van der Waals surface area (Å²) in [6.45, 7) is 5.72. The first-order chi connectivity index (χ1) is 10.1. The van der Waals surface area contributed by atoms with Gasteiger partial charge < -0.3 is 26.0 Å². The third kappa shape index (κ3) is 4.61. The number of anilines is 2. The van der Waals surface area contributed by atoms with Gasteiger partial charge in [0, 0.05) is 44.1 Å². The lowest BCUT2D eigenvalue weighted by atomic mass is 10.1. The van der Waals surface area contributed by atoms with Crippen LogP contribution in [-0.2, 0) is 4.74 Å². The van der Waals surface area contributed by atoms with E-state index in [9.17, 15) is 4.79 Å². The third-order valence-electron chi connectivity index (χ3n) is 3.74. The van der Waals surface area contributed by atoms with E-state index in [1.807, 2.05) is 0 Å².